The second-order valence-corrected chi connectivity index (χ2v) is 8.36. The third-order valence-corrected chi connectivity index (χ3v) is 6.06. The van der Waals surface area contributed by atoms with Gasteiger partial charge in [0, 0.05) is 29.9 Å². The molecule has 158 valence electrons. The summed E-state index contributed by atoms with van der Waals surface area (Å²) in [7, 11) is -4.58. The number of sulfonamides is 1. The molecule has 1 saturated heterocycles. The Morgan fingerprint density at radius 1 is 1.24 bits per heavy atom. The molecule has 0 saturated carbocycles. The zero-order chi connectivity index (χ0) is 25.1. The molecule has 2 N–H and O–H groups in total. The number of nitrogens with zero attached hydrogens (tertiary/aromatic N) is 1. The first-order chi connectivity index (χ1) is 14.9. The summed E-state index contributed by atoms with van der Waals surface area (Å²) >= 11 is 5.65. The average Bonchev–Trinajstić information content (AvgIpc) is 3.04. The van der Waals surface area contributed by atoms with E-state index in [1.54, 1.807) is 0 Å². The lowest BCUT2D eigenvalue weighted by Gasteiger charge is -2.17. The van der Waals surface area contributed by atoms with Crippen molar-refractivity contribution in [3.63, 3.8) is 0 Å². The van der Waals surface area contributed by atoms with Gasteiger partial charge in [-0.05, 0) is 44.9 Å². The number of aryl methyl sites for hydroxylation is 2. The van der Waals surface area contributed by atoms with Crippen LogP contribution in [0, 0.1) is 13.8 Å². The Morgan fingerprint density at radius 2 is 1.86 bits per heavy atom. The van der Waals surface area contributed by atoms with E-state index < -0.39 is 56.1 Å². The maximum atomic E-state index is 13.2. The molecule has 29 heavy (non-hydrogen) atoms. The van der Waals surface area contributed by atoms with Crippen molar-refractivity contribution in [1.82, 2.24) is 9.88 Å². The summed E-state index contributed by atoms with van der Waals surface area (Å²) < 4.78 is 99.1. The van der Waals surface area contributed by atoms with Gasteiger partial charge in [0.15, 0.2) is 0 Å². The van der Waals surface area contributed by atoms with Crippen molar-refractivity contribution in [2.75, 3.05) is 17.7 Å². The van der Waals surface area contributed by atoms with Crippen LogP contribution in [-0.4, -0.2) is 37.2 Å². The standard InChI is InChI=1S/C18H19ClF3N3O3S/c1-10-15(17(26)25-7-3-4-8-25)16(11(2)23-10)29(27,28)24-12-5-6-13(14(19)9-12)18(20,21)22/h5-6,9,23-24H,3-4,7-8H2,1-2H3/i7D2,8D2. The number of hydrogen-bond donors (Lipinski definition) is 2. The number of aromatic nitrogens is 1. The lowest BCUT2D eigenvalue weighted by molar-refractivity contribution is -0.137. The van der Waals surface area contributed by atoms with Crippen molar-refractivity contribution < 1.29 is 31.9 Å². The summed E-state index contributed by atoms with van der Waals surface area (Å²) in [5, 5.41) is -0.737. The van der Waals surface area contributed by atoms with Gasteiger partial charge in [-0.1, -0.05) is 11.6 Å². The molecule has 11 heteroatoms. The van der Waals surface area contributed by atoms with Crippen molar-refractivity contribution in [2.24, 2.45) is 0 Å². The normalized spacial score (nSPS) is 20.6. The zero-order valence-electron chi connectivity index (χ0n) is 19.2. The van der Waals surface area contributed by atoms with Gasteiger partial charge >= 0.3 is 6.18 Å². The molecule has 0 atom stereocenters. The highest BCUT2D eigenvalue weighted by Gasteiger charge is 2.34. The van der Waals surface area contributed by atoms with Crippen LogP contribution < -0.4 is 4.72 Å². The second-order valence-electron chi connectivity index (χ2n) is 6.33. The molecule has 0 unspecified atom stereocenters. The van der Waals surface area contributed by atoms with Gasteiger partial charge in [-0.25, -0.2) is 8.42 Å². The van der Waals surface area contributed by atoms with Crippen LogP contribution in [0.25, 0.3) is 0 Å². The van der Waals surface area contributed by atoms with Gasteiger partial charge in [-0.3, -0.25) is 9.52 Å². The highest BCUT2D eigenvalue weighted by molar-refractivity contribution is 7.92. The Hall–Kier alpha value is -2.20. The SMILES string of the molecule is [2H]C1([2H])CCC([2H])([2H])N1C(=O)c1c(C)[nH]c(C)c1S(=O)(=O)Nc1ccc(C(F)(F)F)c(Cl)c1. The number of rotatable bonds is 4. The summed E-state index contributed by atoms with van der Waals surface area (Å²) in [5.74, 6) is -1.17. The molecule has 1 aliphatic heterocycles. The fraction of sp³-hybridized carbons (Fsp3) is 0.389. The van der Waals surface area contributed by atoms with Crippen molar-refractivity contribution >= 4 is 33.2 Å². The first kappa shape index (κ1) is 16.6. The summed E-state index contributed by atoms with van der Waals surface area (Å²) in [6.07, 6.45) is -5.30. The minimum absolute atomic E-state index is 0.00155. The molecule has 1 amide bonds. The van der Waals surface area contributed by atoms with Crippen molar-refractivity contribution in [3.05, 3.63) is 45.7 Å². The Morgan fingerprint density at radius 3 is 2.41 bits per heavy atom. The van der Waals surface area contributed by atoms with Crippen molar-refractivity contribution in [3.8, 4) is 0 Å². The third-order valence-electron chi connectivity index (χ3n) is 4.19. The Labute approximate surface area is 176 Å². The summed E-state index contributed by atoms with van der Waals surface area (Å²) in [6.45, 7) is -2.00. The highest BCUT2D eigenvalue weighted by atomic mass is 35.5. The predicted molar refractivity (Wildman–Crippen MR) is 103 cm³/mol. The first-order valence-electron chi connectivity index (χ1n) is 10.3. The first-order valence-corrected chi connectivity index (χ1v) is 10.2. The number of amides is 1. The lowest BCUT2D eigenvalue weighted by atomic mass is 10.2. The smallest absolute Gasteiger partial charge is 0.361 e. The van der Waals surface area contributed by atoms with Crippen LogP contribution in [-0.2, 0) is 16.2 Å². The largest absolute Gasteiger partial charge is 0.417 e. The average molecular weight is 454 g/mol. The number of aromatic amines is 1. The highest BCUT2D eigenvalue weighted by Crippen LogP contribution is 2.36. The molecule has 1 fully saturated rings. The fourth-order valence-corrected chi connectivity index (χ4v) is 4.80. The molecule has 1 aromatic heterocycles. The van der Waals surface area contributed by atoms with E-state index in [1.165, 1.54) is 13.8 Å². The van der Waals surface area contributed by atoms with Gasteiger partial charge in [0.1, 0.15) is 4.90 Å². The topological polar surface area (TPSA) is 82.3 Å². The van der Waals surface area contributed by atoms with Gasteiger partial charge in [-0.15, -0.1) is 0 Å². The number of alkyl halides is 3. The molecule has 2 heterocycles. The summed E-state index contributed by atoms with van der Waals surface area (Å²) in [5.41, 5.74) is -1.86. The predicted octanol–water partition coefficient (Wildman–Crippen LogP) is 4.34. The summed E-state index contributed by atoms with van der Waals surface area (Å²) in [6, 6.07) is 2.24. The number of halogens is 4. The van der Waals surface area contributed by atoms with Gasteiger partial charge in [-0.2, -0.15) is 13.2 Å². The Balaban J connectivity index is 2.06. The van der Waals surface area contributed by atoms with Gasteiger partial charge < -0.3 is 9.88 Å². The molecule has 0 radical (unpaired) electrons. The van der Waals surface area contributed by atoms with Gasteiger partial charge in [0.25, 0.3) is 15.9 Å². The monoisotopic (exact) mass is 453 g/mol. The molecule has 2 aromatic rings. The number of nitrogens with one attached hydrogen (secondary N) is 2. The molecule has 1 aliphatic rings. The van der Waals surface area contributed by atoms with Crippen LogP contribution in [0.5, 0.6) is 0 Å². The number of carbonyl (C=O) groups excluding carboxylic acids is 1. The molecular formula is C18H19ClF3N3O3S. The zero-order valence-corrected chi connectivity index (χ0v) is 16.8. The number of anilines is 1. The van der Waals surface area contributed by atoms with Crippen LogP contribution in [0.1, 0.15) is 45.6 Å². The quantitative estimate of drug-likeness (QED) is 0.722. The fourth-order valence-electron chi connectivity index (χ4n) is 3.01. The molecule has 0 aliphatic carbocycles. The van der Waals surface area contributed by atoms with Crippen molar-refractivity contribution in [1.29, 1.82) is 0 Å². The Kier molecular flexibility index (Phi) is 4.33. The number of carbonyl (C=O) groups is 1. The molecule has 3 rings (SSSR count). The number of hydrogen-bond acceptors (Lipinski definition) is 3. The van der Waals surface area contributed by atoms with Gasteiger partial charge in [0.2, 0.25) is 0 Å². The molecule has 0 bridgehead atoms. The third kappa shape index (κ3) is 4.23. The lowest BCUT2D eigenvalue weighted by Crippen LogP contribution is -2.29. The number of benzene rings is 1. The van der Waals surface area contributed by atoms with Crippen molar-refractivity contribution in [2.45, 2.75) is 37.8 Å². The Bertz CT molecular complexity index is 1220. The van der Waals surface area contributed by atoms with E-state index in [0.717, 1.165) is 12.1 Å². The van der Waals surface area contributed by atoms with E-state index in [2.05, 4.69) is 9.71 Å². The molecular weight excluding hydrogens is 431 g/mol. The van der Waals surface area contributed by atoms with Crippen LogP contribution in [0.15, 0.2) is 23.1 Å². The van der Waals surface area contributed by atoms with E-state index in [9.17, 15) is 26.4 Å². The molecule has 6 nitrogen and oxygen atoms in total. The van der Waals surface area contributed by atoms with Crippen LogP contribution in [0.4, 0.5) is 18.9 Å². The minimum atomic E-state index is -4.74. The van der Waals surface area contributed by atoms with Crippen LogP contribution in [0.2, 0.25) is 5.02 Å². The maximum absolute atomic E-state index is 13.2. The van der Waals surface area contributed by atoms with E-state index >= 15 is 0 Å². The van der Waals surface area contributed by atoms with Gasteiger partial charge in [0.05, 0.1) is 21.8 Å². The second kappa shape index (κ2) is 7.56. The minimum Gasteiger partial charge on any atom is -0.361 e. The van der Waals surface area contributed by atoms with E-state index in [-0.39, 0.29) is 29.9 Å². The summed E-state index contributed by atoms with van der Waals surface area (Å²) in [4.78, 5) is 15.7. The van der Waals surface area contributed by atoms with E-state index in [4.69, 9.17) is 17.1 Å². The molecule has 0 spiro atoms. The van der Waals surface area contributed by atoms with Crippen LogP contribution in [0.3, 0.4) is 0 Å². The maximum Gasteiger partial charge on any atom is 0.417 e. The number of likely N-dealkylation sites (tertiary alicyclic amines) is 1. The molecule has 1 aromatic carbocycles. The van der Waals surface area contributed by atoms with E-state index in [1.807, 2.05) is 0 Å². The van der Waals surface area contributed by atoms with Crippen LogP contribution >= 0.6 is 11.6 Å². The van der Waals surface area contributed by atoms with E-state index in [0.29, 0.717) is 11.0 Å². The number of H-pyrrole nitrogens is 1.